The van der Waals surface area contributed by atoms with Gasteiger partial charge in [-0.05, 0) is 12.8 Å². The monoisotopic (exact) mass is 267 g/mol. The predicted octanol–water partition coefficient (Wildman–Crippen LogP) is 3.28. The molecule has 4 heteroatoms. The summed E-state index contributed by atoms with van der Waals surface area (Å²) >= 11 is 1.77. The van der Waals surface area contributed by atoms with E-state index in [-0.39, 0.29) is 5.41 Å². The first-order valence-corrected chi connectivity index (χ1v) is 7.68. The van der Waals surface area contributed by atoms with E-state index in [0.29, 0.717) is 12.6 Å². The lowest BCUT2D eigenvalue weighted by atomic mass is 9.91. The largest absolute Gasteiger partial charge is 0.348 e. The van der Waals surface area contributed by atoms with E-state index in [1.54, 1.807) is 11.3 Å². The Balaban J connectivity index is 2.26. The molecule has 0 unspecified atom stereocenters. The molecule has 1 saturated carbocycles. The fraction of sp³-hybridized carbons (Fsp3) is 0.786. The van der Waals surface area contributed by atoms with Crippen molar-refractivity contribution in [2.75, 3.05) is 11.9 Å². The lowest BCUT2D eigenvalue weighted by molar-refractivity contribution is 0.564. The molecule has 102 valence electrons. The minimum Gasteiger partial charge on any atom is -0.348 e. The van der Waals surface area contributed by atoms with Crippen LogP contribution < -0.4 is 10.6 Å². The van der Waals surface area contributed by atoms with Crippen LogP contribution in [0.15, 0.2) is 0 Å². The molecule has 0 atom stereocenters. The van der Waals surface area contributed by atoms with Crippen LogP contribution in [0.25, 0.3) is 0 Å². The maximum Gasteiger partial charge on any atom is 0.185 e. The normalized spacial score (nSPS) is 17.4. The first kappa shape index (κ1) is 13.8. The summed E-state index contributed by atoms with van der Waals surface area (Å²) in [5, 5.41) is 1.15. The lowest BCUT2D eigenvalue weighted by Gasteiger charge is -2.23. The van der Waals surface area contributed by atoms with Crippen molar-refractivity contribution in [2.45, 2.75) is 64.5 Å². The summed E-state index contributed by atoms with van der Waals surface area (Å²) in [5.41, 5.74) is 7.13. The Morgan fingerprint density at radius 2 is 1.94 bits per heavy atom. The second kappa shape index (κ2) is 5.17. The molecule has 0 radical (unpaired) electrons. The molecule has 0 bridgehead atoms. The molecule has 1 aromatic heterocycles. The second-order valence-electron chi connectivity index (χ2n) is 6.27. The molecule has 0 saturated heterocycles. The van der Waals surface area contributed by atoms with Gasteiger partial charge in [0.15, 0.2) is 5.13 Å². The summed E-state index contributed by atoms with van der Waals surface area (Å²) < 4.78 is 0. The summed E-state index contributed by atoms with van der Waals surface area (Å²) in [4.78, 5) is 8.47. The van der Waals surface area contributed by atoms with Gasteiger partial charge in [0.05, 0.1) is 5.69 Å². The molecule has 0 aliphatic heterocycles. The minimum atomic E-state index is 0.0833. The maximum absolute atomic E-state index is 5.87. The van der Waals surface area contributed by atoms with Crippen LogP contribution in [0.2, 0.25) is 0 Å². The van der Waals surface area contributed by atoms with Gasteiger partial charge in [-0.15, -0.1) is 11.3 Å². The zero-order valence-corrected chi connectivity index (χ0v) is 12.8. The molecule has 1 aliphatic carbocycles. The quantitative estimate of drug-likeness (QED) is 0.914. The van der Waals surface area contributed by atoms with Crippen molar-refractivity contribution in [1.82, 2.24) is 4.98 Å². The molecular formula is C14H25N3S. The topological polar surface area (TPSA) is 42.2 Å². The zero-order chi connectivity index (χ0) is 13.3. The van der Waals surface area contributed by atoms with Crippen LogP contribution in [0.5, 0.6) is 0 Å². The number of aromatic nitrogens is 1. The minimum absolute atomic E-state index is 0.0833. The molecule has 1 fully saturated rings. The first-order valence-electron chi connectivity index (χ1n) is 6.86. The van der Waals surface area contributed by atoms with E-state index in [4.69, 9.17) is 10.7 Å². The molecule has 2 rings (SSSR count). The van der Waals surface area contributed by atoms with Crippen molar-refractivity contribution in [3.8, 4) is 0 Å². The molecule has 3 nitrogen and oxygen atoms in total. The van der Waals surface area contributed by atoms with Crippen LogP contribution in [0.3, 0.4) is 0 Å². The predicted molar refractivity (Wildman–Crippen MR) is 79.4 cm³/mol. The highest BCUT2D eigenvalue weighted by Gasteiger charge is 2.26. The van der Waals surface area contributed by atoms with E-state index in [1.807, 2.05) is 0 Å². The molecule has 0 amide bonds. The molecule has 18 heavy (non-hydrogen) atoms. The van der Waals surface area contributed by atoms with Crippen LogP contribution >= 0.6 is 11.3 Å². The number of hydrogen-bond donors (Lipinski definition) is 1. The van der Waals surface area contributed by atoms with Gasteiger partial charge in [0.25, 0.3) is 0 Å². The van der Waals surface area contributed by atoms with Crippen molar-refractivity contribution in [3.63, 3.8) is 0 Å². The third-order valence-corrected chi connectivity index (χ3v) is 4.92. The van der Waals surface area contributed by atoms with Crippen molar-refractivity contribution in [3.05, 3.63) is 10.6 Å². The maximum atomic E-state index is 5.87. The van der Waals surface area contributed by atoms with Gasteiger partial charge in [-0.1, -0.05) is 33.6 Å². The van der Waals surface area contributed by atoms with Crippen molar-refractivity contribution in [1.29, 1.82) is 0 Å². The van der Waals surface area contributed by atoms with Gasteiger partial charge < -0.3 is 10.6 Å². The third-order valence-electron chi connectivity index (χ3n) is 3.76. The average Bonchev–Trinajstić information content (AvgIpc) is 2.96. The summed E-state index contributed by atoms with van der Waals surface area (Å²) in [7, 11) is 2.18. The van der Waals surface area contributed by atoms with Crippen molar-refractivity contribution >= 4 is 16.5 Å². The molecule has 2 N–H and O–H groups in total. The fourth-order valence-electron chi connectivity index (χ4n) is 2.66. The molecular weight excluding hydrogens is 242 g/mol. The van der Waals surface area contributed by atoms with Gasteiger partial charge in [-0.25, -0.2) is 4.98 Å². The van der Waals surface area contributed by atoms with E-state index >= 15 is 0 Å². The highest BCUT2D eigenvalue weighted by molar-refractivity contribution is 7.15. The van der Waals surface area contributed by atoms with E-state index in [1.165, 1.54) is 36.3 Å². The van der Waals surface area contributed by atoms with Crippen molar-refractivity contribution in [2.24, 2.45) is 5.73 Å². The number of nitrogens with zero attached hydrogens (tertiary/aromatic N) is 2. The number of nitrogens with two attached hydrogens (primary N) is 1. The molecule has 0 aromatic carbocycles. The number of hydrogen-bond acceptors (Lipinski definition) is 4. The van der Waals surface area contributed by atoms with Crippen LogP contribution in [-0.2, 0) is 12.0 Å². The second-order valence-corrected chi connectivity index (χ2v) is 7.33. The molecule has 1 heterocycles. The summed E-state index contributed by atoms with van der Waals surface area (Å²) in [5.74, 6) is 0. The van der Waals surface area contributed by atoms with Crippen molar-refractivity contribution < 1.29 is 0 Å². The Labute approximate surface area is 114 Å². The zero-order valence-electron chi connectivity index (χ0n) is 12.0. The van der Waals surface area contributed by atoms with Crippen LogP contribution in [0, 0.1) is 0 Å². The Kier molecular flexibility index (Phi) is 3.97. The number of thiazole rings is 1. The molecule has 0 spiro atoms. The first-order chi connectivity index (χ1) is 8.43. The third kappa shape index (κ3) is 2.69. The fourth-order valence-corrected chi connectivity index (χ4v) is 3.84. The van der Waals surface area contributed by atoms with Gasteiger partial charge in [-0.2, -0.15) is 0 Å². The average molecular weight is 267 g/mol. The Morgan fingerprint density at radius 1 is 1.33 bits per heavy atom. The summed E-state index contributed by atoms with van der Waals surface area (Å²) in [6.45, 7) is 7.23. The van der Waals surface area contributed by atoms with Gasteiger partial charge >= 0.3 is 0 Å². The van der Waals surface area contributed by atoms with Gasteiger partial charge in [0.2, 0.25) is 0 Å². The Bertz CT molecular complexity index is 400. The smallest absolute Gasteiger partial charge is 0.185 e. The van der Waals surface area contributed by atoms with Crippen LogP contribution in [0.1, 0.15) is 57.0 Å². The van der Waals surface area contributed by atoms with E-state index in [0.717, 1.165) is 5.13 Å². The van der Waals surface area contributed by atoms with E-state index in [9.17, 15) is 0 Å². The van der Waals surface area contributed by atoms with Gasteiger partial charge in [-0.3, -0.25) is 0 Å². The van der Waals surface area contributed by atoms with Crippen LogP contribution in [0.4, 0.5) is 5.13 Å². The van der Waals surface area contributed by atoms with Gasteiger partial charge in [0, 0.05) is 29.9 Å². The summed E-state index contributed by atoms with van der Waals surface area (Å²) in [6, 6.07) is 0.676. The van der Waals surface area contributed by atoms with E-state index < -0.39 is 0 Å². The number of rotatable bonds is 3. The van der Waals surface area contributed by atoms with E-state index in [2.05, 4.69) is 32.7 Å². The standard InChI is InChI=1S/C14H25N3S/c1-14(2,3)12-11(9-15)18-13(16-12)17(4)10-7-5-6-8-10/h10H,5-9,15H2,1-4H3. The summed E-state index contributed by atoms with van der Waals surface area (Å²) in [6.07, 6.45) is 5.32. The van der Waals surface area contributed by atoms with Crippen LogP contribution in [-0.4, -0.2) is 18.1 Å². The lowest BCUT2D eigenvalue weighted by Crippen LogP contribution is -2.28. The van der Waals surface area contributed by atoms with Gasteiger partial charge in [0.1, 0.15) is 0 Å². The number of anilines is 1. The molecule has 1 aliphatic rings. The highest BCUT2D eigenvalue weighted by atomic mass is 32.1. The Hall–Kier alpha value is -0.610. The molecule has 1 aromatic rings. The Morgan fingerprint density at radius 3 is 2.39 bits per heavy atom. The highest BCUT2D eigenvalue weighted by Crippen LogP contribution is 2.35. The SMILES string of the molecule is CN(c1nc(C(C)(C)C)c(CN)s1)C1CCCC1.